The fourth-order valence-electron chi connectivity index (χ4n) is 1.07. The van der Waals surface area contributed by atoms with Gasteiger partial charge in [0, 0.05) is 0 Å². The van der Waals surface area contributed by atoms with Crippen molar-refractivity contribution >= 4 is 0 Å². The average molecular weight is 226 g/mol. The summed E-state index contributed by atoms with van der Waals surface area (Å²) >= 11 is 0. The highest BCUT2D eigenvalue weighted by molar-refractivity contribution is 5.22. The standard InChI is InChI=1S/C8H7F5N2/c9-5-2-1-4(3-6(5)10)7(15-14)8(11,12)13/h1-3,7,15H,14H2/t7-/m1/s1. The molecule has 1 aromatic carbocycles. The molecule has 1 rings (SSSR count). The highest BCUT2D eigenvalue weighted by Crippen LogP contribution is 2.32. The molecule has 0 radical (unpaired) electrons. The first kappa shape index (κ1) is 11.9. The predicted octanol–water partition coefficient (Wildman–Crippen LogP) is 2.03. The van der Waals surface area contributed by atoms with Gasteiger partial charge >= 0.3 is 6.18 Å². The van der Waals surface area contributed by atoms with Crippen molar-refractivity contribution in [3.05, 3.63) is 35.4 Å². The fourth-order valence-corrected chi connectivity index (χ4v) is 1.07. The lowest BCUT2D eigenvalue weighted by Gasteiger charge is -2.19. The number of alkyl halides is 3. The zero-order valence-electron chi connectivity index (χ0n) is 7.28. The van der Waals surface area contributed by atoms with Crippen LogP contribution < -0.4 is 11.3 Å². The lowest BCUT2D eigenvalue weighted by Crippen LogP contribution is -2.38. The maximum atomic E-state index is 12.7. The molecule has 0 aliphatic rings. The van der Waals surface area contributed by atoms with E-state index in [-0.39, 0.29) is 0 Å². The van der Waals surface area contributed by atoms with Crippen LogP contribution in [0.5, 0.6) is 0 Å². The first-order valence-electron chi connectivity index (χ1n) is 3.84. The van der Waals surface area contributed by atoms with Crippen molar-refractivity contribution in [3.63, 3.8) is 0 Å². The molecule has 1 atom stereocenters. The molecule has 0 aliphatic heterocycles. The topological polar surface area (TPSA) is 38.0 Å². The first-order chi connectivity index (χ1) is 6.86. The first-order valence-corrected chi connectivity index (χ1v) is 3.84. The maximum absolute atomic E-state index is 12.7. The van der Waals surface area contributed by atoms with E-state index >= 15 is 0 Å². The monoisotopic (exact) mass is 226 g/mol. The third-order valence-electron chi connectivity index (χ3n) is 1.77. The molecule has 0 heterocycles. The van der Waals surface area contributed by atoms with E-state index in [0.717, 1.165) is 6.07 Å². The number of halogens is 5. The maximum Gasteiger partial charge on any atom is 0.409 e. The van der Waals surface area contributed by atoms with E-state index < -0.39 is 29.4 Å². The summed E-state index contributed by atoms with van der Waals surface area (Å²) in [5.41, 5.74) is 1.01. The number of rotatable bonds is 2. The third kappa shape index (κ3) is 2.63. The average Bonchev–Trinajstić information content (AvgIpc) is 2.10. The largest absolute Gasteiger partial charge is 0.409 e. The molecule has 15 heavy (non-hydrogen) atoms. The van der Waals surface area contributed by atoms with Crippen LogP contribution in [-0.4, -0.2) is 6.18 Å². The minimum Gasteiger partial charge on any atom is -0.271 e. The lowest BCUT2D eigenvalue weighted by atomic mass is 10.1. The van der Waals surface area contributed by atoms with Crippen LogP contribution in [0.1, 0.15) is 11.6 Å². The number of hydrazine groups is 1. The van der Waals surface area contributed by atoms with Gasteiger partial charge in [0.2, 0.25) is 0 Å². The normalized spacial score (nSPS) is 14.0. The van der Waals surface area contributed by atoms with E-state index in [2.05, 4.69) is 0 Å². The van der Waals surface area contributed by atoms with E-state index in [1.807, 2.05) is 0 Å². The van der Waals surface area contributed by atoms with Gasteiger partial charge in [0.1, 0.15) is 6.04 Å². The quantitative estimate of drug-likeness (QED) is 0.460. The zero-order chi connectivity index (χ0) is 11.6. The van der Waals surface area contributed by atoms with Crippen molar-refractivity contribution in [2.75, 3.05) is 0 Å². The van der Waals surface area contributed by atoms with Gasteiger partial charge in [-0.1, -0.05) is 6.07 Å². The molecule has 1 aromatic rings. The highest BCUT2D eigenvalue weighted by atomic mass is 19.4. The fraction of sp³-hybridized carbons (Fsp3) is 0.250. The van der Waals surface area contributed by atoms with Crippen LogP contribution in [0.2, 0.25) is 0 Å². The molecule has 0 amide bonds. The Morgan fingerprint density at radius 2 is 1.73 bits per heavy atom. The van der Waals surface area contributed by atoms with Gasteiger partial charge in [0.05, 0.1) is 0 Å². The van der Waals surface area contributed by atoms with Gasteiger partial charge in [-0.05, 0) is 17.7 Å². The summed E-state index contributed by atoms with van der Waals surface area (Å²) in [4.78, 5) is 0. The number of benzene rings is 1. The molecule has 84 valence electrons. The van der Waals surface area contributed by atoms with Crippen molar-refractivity contribution in [2.45, 2.75) is 12.2 Å². The number of hydrogen-bond acceptors (Lipinski definition) is 2. The molecule has 0 saturated carbocycles. The summed E-state index contributed by atoms with van der Waals surface area (Å²) in [6, 6.07) is -0.336. The van der Waals surface area contributed by atoms with Crippen molar-refractivity contribution in [2.24, 2.45) is 5.84 Å². The van der Waals surface area contributed by atoms with Crippen LogP contribution in [0, 0.1) is 11.6 Å². The van der Waals surface area contributed by atoms with Gasteiger partial charge in [-0.3, -0.25) is 5.84 Å². The molecule has 0 fully saturated rings. The Bertz CT molecular complexity index is 349. The predicted molar refractivity (Wildman–Crippen MR) is 42.5 cm³/mol. The second kappa shape index (κ2) is 4.11. The van der Waals surface area contributed by atoms with Gasteiger partial charge in [0.25, 0.3) is 0 Å². The summed E-state index contributed by atoms with van der Waals surface area (Å²) < 4.78 is 61.9. The van der Waals surface area contributed by atoms with Gasteiger partial charge in [-0.25, -0.2) is 14.2 Å². The molecule has 0 bridgehead atoms. The molecular weight excluding hydrogens is 219 g/mol. The number of nitrogens with one attached hydrogen (secondary N) is 1. The van der Waals surface area contributed by atoms with E-state index in [4.69, 9.17) is 5.84 Å². The van der Waals surface area contributed by atoms with E-state index in [1.54, 1.807) is 0 Å². The van der Waals surface area contributed by atoms with Crippen LogP contribution in [0.3, 0.4) is 0 Å². The van der Waals surface area contributed by atoms with E-state index in [1.165, 1.54) is 5.43 Å². The third-order valence-corrected chi connectivity index (χ3v) is 1.77. The molecule has 0 aromatic heterocycles. The Morgan fingerprint density at radius 1 is 1.13 bits per heavy atom. The van der Waals surface area contributed by atoms with Gasteiger partial charge in [-0.2, -0.15) is 13.2 Å². The summed E-state index contributed by atoms with van der Waals surface area (Å²) in [5.74, 6) is 2.13. The SMILES string of the molecule is NN[C@H](c1ccc(F)c(F)c1)C(F)(F)F. The number of nitrogens with two attached hydrogens (primary N) is 1. The minimum absolute atomic E-state index is 0.452. The van der Waals surface area contributed by atoms with Crippen LogP contribution in [0.4, 0.5) is 22.0 Å². The smallest absolute Gasteiger partial charge is 0.271 e. The number of hydrogen-bond donors (Lipinski definition) is 2. The Morgan fingerprint density at radius 3 is 2.13 bits per heavy atom. The van der Waals surface area contributed by atoms with Crippen LogP contribution in [0.25, 0.3) is 0 Å². The summed E-state index contributed by atoms with van der Waals surface area (Å²) in [7, 11) is 0. The van der Waals surface area contributed by atoms with Gasteiger partial charge in [0.15, 0.2) is 11.6 Å². The molecule has 2 nitrogen and oxygen atoms in total. The van der Waals surface area contributed by atoms with Crippen molar-refractivity contribution in [1.82, 2.24) is 5.43 Å². The van der Waals surface area contributed by atoms with Crippen LogP contribution >= 0.6 is 0 Å². The highest BCUT2D eigenvalue weighted by Gasteiger charge is 2.40. The lowest BCUT2D eigenvalue weighted by molar-refractivity contribution is -0.157. The molecule has 3 N–H and O–H groups in total. The van der Waals surface area contributed by atoms with Crippen molar-refractivity contribution < 1.29 is 22.0 Å². The second-order valence-electron chi connectivity index (χ2n) is 2.81. The second-order valence-corrected chi connectivity index (χ2v) is 2.81. The van der Waals surface area contributed by atoms with E-state index in [9.17, 15) is 22.0 Å². The van der Waals surface area contributed by atoms with Crippen LogP contribution in [-0.2, 0) is 0 Å². The Labute approximate surface area is 81.8 Å². The zero-order valence-corrected chi connectivity index (χ0v) is 7.28. The Balaban J connectivity index is 3.08. The van der Waals surface area contributed by atoms with Gasteiger partial charge < -0.3 is 0 Å². The molecule has 0 unspecified atom stereocenters. The Kier molecular flexibility index (Phi) is 3.25. The van der Waals surface area contributed by atoms with Crippen molar-refractivity contribution in [3.8, 4) is 0 Å². The minimum atomic E-state index is -4.67. The Hall–Kier alpha value is -1.21. The van der Waals surface area contributed by atoms with Gasteiger partial charge in [-0.15, -0.1) is 0 Å². The van der Waals surface area contributed by atoms with E-state index in [0.29, 0.717) is 12.1 Å². The molecular formula is C8H7F5N2. The molecule has 0 aliphatic carbocycles. The van der Waals surface area contributed by atoms with Crippen LogP contribution in [0.15, 0.2) is 18.2 Å². The summed E-state index contributed by atoms with van der Waals surface area (Å²) in [6.07, 6.45) is -4.67. The molecule has 0 spiro atoms. The van der Waals surface area contributed by atoms with Crippen molar-refractivity contribution in [1.29, 1.82) is 0 Å². The summed E-state index contributed by atoms with van der Waals surface area (Å²) in [6.45, 7) is 0. The summed E-state index contributed by atoms with van der Waals surface area (Å²) in [5, 5.41) is 0. The molecule has 0 saturated heterocycles. The molecule has 7 heteroatoms.